The topological polar surface area (TPSA) is 64.1 Å². The molecule has 2 aromatic carbocycles. The van der Waals surface area contributed by atoms with Crippen molar-refractivity contribution in [3.63, 3.8) is 0 Å². The van der Waals surface area contributed by atoms with E-state index in [-0.39, 0.29) is 11.7 Å². The van der Waals surface area contributed by atoms with Gasteiger partial charge in [0.25, 0.3) is 5.91 Å². The maximum absolute atomic E-state index is 13.7. The van der Waals surface area contributed by atoms with Crippen molar-refractivity contribution >= 4 is 34.4 Å². The number of carbonyl (C=O) groups excluding carboxylic acids is 1. The smallest absolute Gasteiger partial charge is 0.265 e. The third kappa shape index (κ3) is 3.29. The van der Waals surface area contributed by atoms with Crippen LogP contribution in [0.3, 0.4) is 0 Å². The number of rotatable bonds is 5. The lowest BCUT2D eigenvalue weighted by Crippen LogP contribution is -2.32. The zero-order valence-electron chi connectivity index (χ0n) is 12.3. The number of hydrogen-bond acceptors (Lipinski definition) is 5. The molecule has 23 heavy (non-hydrogen) atoms. The molecular formula is C16H14FN3O2S. The molecule has 1 heterocycles. The van der Waals surface area contributed by atoms with E-state index in [0.29, 0.717) is 17.6 Å². The second-order valence-electron chi connectivity index (χ2n) is 4.87. The van der Waals surface area contributed by atoms with E-state index in [1.54, 1.807) is 31.2 Å². The highest BCUT2D eigenvalue weighted by Crippen LogP contribution is 2.23. The Kier molecular flexibility index (Phi) is 4.47. The first-order chi connectivity index (χ1) is 11.2. The van der Waals surface area contributed by atoms with Crippen LogP contribution in [-0.4, -0.2) is 20.8 Å². The minimum absolute atomic E-state index is 0.0584. The van der Waals surface area contributed by atoms with Gasteiger partial charge in [0.05, 0.1) is 17.4 Å². The van der Waals surface area contributed by atoms with Crippen LogP contribution in [0.1, 0.15) is 13.3 Å². The Labute approximate surface area is 136 Å². The molecule has 3 rings (SSSR count). The number of para-hydroxylation sites is 1. The van der Waals surface area contributed by atoms with Gasteiger partial charge in [0.15, 0.2) is 17.7 Å². The van der Waals surface area contributed by atoms with E-state index in [4.69, 9.17) is 4.74 Å². The van der Waals surface area contributed by atoms with Crippen LogP contribution in [0.2, 0.25) is 0 Å². The van der Waals surface area contributed by atoms with E-state index in [2.05, 4.69) is 14.1 Å². The highest BCUT2D eigenvalue weighted by atomic mass is 32.1. The predicted molar refractivity (Wildman–Crippen MR) is 87.2 cm³/mol. The Morgan fingerprint density at radius 1 is 1.26 bits per heavy atom. The Hall–Kier alpha value is -2.54. The van der Waals surface area contributed by atoms with Gasteiger partial charge in [-0.05, 0) is 30.7 Å². The molecule has 0 saturated heterocycles. The Balaban J connectivity index is 1.78. The van der Waals surface area contributed by atoms with Crippen LogP contribution < -0.4 is 10.1 Å². The summed E-state index contributed by atoms with van der Waals surface area (Å²) in [7, 11) is 0. The van der Waals surface area contributed by atoms with Gasteiger partial charge in [-0.2, -0.15) is 8.75 Å². The summed E-state index contributed by atoms with van der Waals surface area (Å²) >= 11 is 1.08. The number of hydrogen-bond donors (Lipinski definition) is 1. The Morgan fingerprint density at radius 2 is 2.09 bits per heavy atom. The maximum Gasteiger partial charge on any atom is 0.265 e. The molecule has 0 spiro atoms. The fraction of sp³-hybridized carbons (Fsp3) is 0.188. The predicted octanol–water partition coefficient (Wildman–Crippen LogP) is 3.63. The molecular weight excluding hydrogens is 317 g/mol. The van der Waals surface area contributed by atoms with Crippen LogP contribution in [0, 0.1) is 5.82 Å². The van der Waals surface area contributed by atoms with Crippen LogP contribution in [0.15, 0.2) is 42.5 Å². The Morgan fingerprint density at radius 3 is 2.87 bits per heavy atom. The number of nitrogens with zero attached hydrogens (tertiary/aromatic N) is 2. The van der Waals surface area contributed by atoms with Crippen LogP contribution in [0.4, 0.5) is 10.1 Å². The van der Waals surface area contributed by atoms with Gasteiger partial charge in [-0.15, -0.1) is 0 Å². The minimum atomic E-state index is -0.797. The summed E-state index contributed by atoms with van der Waals surface area (Å²) in [6, 6.07) is 11.4. The van der Waals surface area contributed by atoms with Crippen molar-refractivity contribution in [2.24, 2.45) is 0 Å². The van der Waals surface area contributed by atoms with Gasteiger partial charge >= 0.3 is 0 Å². The number of anilines is 1. The van der Waals surface area contributed by atoms with Crippen molar-refractivity contribution in [1.82, 2.24) is 8.75 Å². The van der Waals surface area contributed by atoms with Crippen LogP contribution in [-0.2, 0) is 4.79 Å². The summed E-state index contributed by atoms with van der Waals surface area (Å²) in [4.78, 5) is 12.4. The summed E-state index contributed by atoms with van der Waals surface area (Å²) < 4.78 is 27.5. The van der Waals surface area contributed by atoms with Crippen molar-refractivity contribution in [2.45, 2.75) is 19.4 Å². The molecule has 0 unspecified atom stereocenters. The van der Waals surface area contributed by atoms with E-state index >= 15 is 0 Å². The lowest BCUT2D eigenvalue weighted by atomic mass is 10.2. The van der Waals surface area contributed by atoms with Crippen molar-refractivity contribution in [3.8, 4) is 5.75 Å². The van der Waals surface area contributed by atoms with E-state index in [9.17, 15) is 9.18 Å². The molecule has 0 radical (unpaired) electrons. The third-order valence-electron chi connectivity index (χ3n) is 3.31. The average molecular weight is 331 g/mol. The third-order valence-corrected chi connectivity index (χ3v) is 3.86. The van der Waals surface area contributed by atoms with Gasteiger partial charge in [-0.3, -0.25) is 4.79 Å². The van der Waals surface area contributed by atoms with E-state index in [1.807, 2.05) is 6.07 Å². The van der Waals surface area contributed by atoms with Crippen LogP contribution >= 0.6 is 11.7 Å². The van der Waals surface area contributed by atoms with Gasteiger partial charge in [-0.1, -0.05) is 25.1 Å². The highest BCUT2D eigenvalue weighted by Gasteiger charge is 2.21. The molecule has 1 aromatic heterocycles. The standard InChI is InChI=1S/C16H14FN3O2S/c1-2-13(22-14-9-4-3-6-10(14)17)16(21)18-11-7-5-8-12-15(11)20-23-19-12/h3-9,13H,2H2,1H3,(H,18,21)/t13-/m1/s1. The van der Waals surface area contributed by atoms with Gasteiger partial charge in [0.1, 0.15) is 11.0 Å². The number of benzene rings is 2. The van der Waals surface area contributed by atoms with Gasteiger partial charge < -0.3 is 10.1 Å². The fourth-order valence-corrected chi connectivity index (χ4v) is 2.69. The van der Waals surface area contributed by atoms with Crippen molar-refractivity contribution < 1.29 is 13.9 Å². The summed E-state index contributed by atoms with van der Waals surface area (Å²) in [5.41, 5.74) is 1.92. The lowest BCUT2D eigenvalue weighted by molar-refractivity contribution is -0.122. The molecule has 1 atom stereocenters. The van der Waals surface area contributed by atoms with E-state index < -0.39 is 11.9 Å². The molecule has 0 saturated carbocycles. The minimum Gasteiger partial charge on any atom is -0.478 e. The molecule has 5 nitrogen and oxygen atoms in total. The normalized spacial score (nSPS) is 12.1. The van der Waals surface area contributed by atoms with Crippen molar-refractivity contribution in [2.75, 3.05) is 5.32 Å². The van der Waals surface area contributed by atoms with Crippen molar-refractivity contribution in [1.29, 1.82) is 0 Å². The molecule has 0 aliphatic heterocycles. The summed E-state index contributed by atoms with van der Waals surface area (Å²) in [6.45, 7) is 1.80. The second-order valence-corrected chi connectivity index (χ2v) is 5.40. The SMILES string of the molecule is CC[C@@H](Oc1ccccc1F)C(=O)Nc1cccc2nsnc12. The molecule has 1 amide bonds. The second kappa shape index (κ2) is 6.70. The number of aromatic nitrogens is 2. The molecule has 0 fully saturated rings. The number of nitrogens with one attached hydrogen (secondary N) is 1. The quantitative estimate of drug-likeness (QED) is 0.775. The molecule has 7 heteroatoms. The lowest BCUT2D eigenvalue weighted by Gasteiger charge is -2.17. The zero-order valence-corrected chi connectivity index (χ0v) is 13.1. The molecule has 118 valence electrons. The average Bonchev–Trinajstić information content (AvgIpc) is 3.03. The fourth-order valence-electron chi connectivity index (χ4n) is 2.14. The largest absolute Gasteiger partial charge is 0.478 e. The molecule has 0 aliphatic rings. The molecule has 3 aromatic rings. The zero-order chi connectivity index (χ0) is 16.2. The maximum atomic E-state index is 13.7. The summed E-state index contributed by atoms with van der Waals surface area (Å²) in [5, 5.41) is 2.78. The molecule has 1 N–H and O–H groups in total. The van der Waals surface area contributed by atoms with E-state index in [1.165, 1.54) is 12.1 Å². The Bertz CT molecular complexity index is 837. The van der Waals surface area contributed by atoms with Gasteiger partial charge in [-0.25, -0.2) is 4.39 Å². The summed E-state index contributed by atoms with van der Waals surface area (Å²) in [5.74, 6) is -0.788. The first-order valence-electron chi connectivity index (χ1n) is 7.12. The first kappa shape index (κ1) is 15.4. The van der Waals surface area contributed by atoms with Crippen LogP contribution in [0.25, 0.3) is 11.0 Å². The number of amides is 1. The monoisotopic (exact) mass is 331 g/mol. The summed E-state index contributed by atoms with van der Waals surface area (Å²) in [6.07, 6.45) is -0.389. The first-order valence-corrected chi connectivity index (χ1v) is 7.85. The molecule has 0 aliphatic carbocycles. The number of carbonyl (C=O) groups is 1. The van der Waals surface area contributed by atoms with Crippen LogP contribution in [0.5, 0.6) is 5.75 Å². The highest BCUT2D eigenvalue weighted by molar-refractivity contribution is 7.00. The van der Waals surface area contributed by atoms with Crippen molar-refractivity contribution in [3.05, 3.63) is 48.3 Å². The van der Waals surface area contributed by atoms with Gasteiger partial charge in [0, 0.05) is 0 Å². The number of ether oxygens (including phenoxy) is 1. The number of halogens is 1. The molecule has 0 bridgehead atoms. The van der Waals surface area contributed by atoms with E-state index in [0.717, 1.165) is 17.2 Å². The number of fused-ring (bicyclic) bond motifs is 1. The van der Waals surface area contributed by atoms with Gasteiger partial charge in [0.2, 0.25) is 0 Å².